The first-order valence-electron chi connectivity index (χ1n) is 8.99. The van der Waals surface area contributed by atoms with Crippen LogP contribution in [0, 0.1) is 5.92 Å². The molecule has 0 heterocycles. The van der Waals surface area contributed by atoms with E-state index in [1.54, 1.807) is 30.3 Å². The van der Waals surface area contributed by atoms with Gasteiger partial charge in [0, 0.05) is 24.7 Å². The van der Waals surface area contributed by atoms with E-state index in [1.165, 1.54) is 19.1 Å². The van der Waals surface area contributed by atoms with Crippen molar-refractivity contribution in [1.29, 1.82) is 0 Å². The molecule has 2 rings (SSSR count). The van der Waals surface area contributed by atoms with Crippen LogP contribution in [0.2, 0.25) is 0 Å². The molecule has 6 heteroatoms. The summed E-state index contributed by atoms with van der Waals surface area (Å²) >= 11 is 0. The predicted octanol–water partition coefficient (Wildman–Crippen LogP) is 3.69. The molecule has 0 aliphatic heterocycles. The summed E-state index contributed by atoms with van der Waals surface area (Å²) < 4.78 is 5.01. The van der Waals surface area contributed by atoms with Gasteiger partial charge in [0.05, 0.1) is 0 Å². The number of para-hydroxylation sites is 1. The number of anilines is 1. The van der Waals surface area contributed by atoms with Crippen LogP contribution >= 0.6 is 0 Å². The van der Waals surface area contributed by atoms with Crippen LogP contribution in [0.5, 0.6) is 5.75 Å². The van der Waals surface area contributed by atoms with Gasteiger partial charge in [-0.25, -0.2) is 0 Å². The number of esters is 1. The number of rotatable bonds is 7. The highest BCUT2D eigenvalue weighted by molar-refractivity contribution is 6.05. The maximum absolute atomic E-state index is 12.6. The minimum absolute atomic E-state index is 0.191. The Bertz CT molecular complexity index is 888. The summed E-state index contributed by atoms with van der Waals surface area (Å²) in [5.41, 5.74) is 1.73. The lowest BCUT2D eigenvalue weighted by atomic mass is 10.1. The molecule has 2 aromatic rings. The maximum atomic E-state index is 12.6. The van der Waals surface area contributed by atoms with Crippen molar-refractivity contribution in [3.8, 4) is 5.75 Å². The Labute approximate surface area is 164 Å². The zero-order valence-electron chi connectivity index (χ0n) is 16.2. The van der Waals surface area contributed by atoms with Crippen LogP contribution in [0.4, 0.5) is 5.69 Å². The van der Waals surface area contributed by atoms with Crippen molar-refractivity contribution in [2.45, 2.75) is 27.3 Å². The highest BCUT2D eigenvalue weighted by Gasteiger charge is 2.11. The monoisotopic (exact) mass is 380 g/mol. The van der Waals surface area contributed by atoms with Gasteiger partial charge >= 0.3 is 5.97 Å². The zero-order chi connectivity index (χ0) is 20.5. The number of hydrogen-bond donors (Lipinski definition) is 2. The molecule has 2 N–H and O–H groups in total. The first-order chi connectivity index (χ1) is 13.3. The second-order valence-electron chi connectivity index (χ2n) is 6.55. The molecule has 0 spiro atoms. The molecule has 0 saturated carbocycles. The Morgan fingerprint density at radius 3 is 2.54 bits per heavy atom. The molecule has 2 amide bonds. The van der Waals surface area contributed by atoms with Crippen molar-refractivity contribution in [1.82, 2.24) is 5.32 Å². The smallest absolute Gasteiger partial charge is 0.308 e. The third kappa shape index (κ3) is 6.72. The molecule has 0 radical (unpaired) electrons. The normalized spacial score (nSPS) is 10.7. The summed E-state index contributed by atoms with van der Waals surface area (Å²) in [7, 11) is 0. The number of nitrogens with one attached hydrogen (secondary N) is 2. The Morgan fingerprint density at radius 2 is 1.82 bits per heavy atom. The fourth-order valence-corrected chi connectivity index (χ4v) is 2.38. The molecular weight excluding hydrogens is 356 g/mol. The molecule has 28 heavy (non-hydrogen) atoms. The summed E-state index contributed by atoms with van der Waals surface area (Å²) in [6.07, 6.45) is 3.32. The van der Waals surface area contributed by atoms with Crippen molar-refractivity contribution in [3.63, 3.8) is 0 Å². The zero-order valence-corrected chi connectivity index (χ0v) is 16.2. The number of allylic oxidation sites excluding steroid dienone is 1. The summed E-state index contributed by atoms with van der Waals surface area (Å²) in [5, 5.41) is 5.64. The van der Waals surface area contributed by atoms with Gasteiger partial charge in [-0.15, -0.1) is 0 Å². The van der Waals surface area contributed by atoms with Gasteiger partial charge < -0.3 is 15.4 Å². The van der Waals surface area contributed by atoms with E-state index in [1.807, 2.05) is 32.1 Å². The van der Waals surface area contributed by atoms with E-state index in [-0.39, 0.29) is 18.4 Å². The first kappa shape index (κ1) is 20.9. The third-order valence-electron chi connectivity index (χ3n) is 3.71. The van der Waals surface area contributed by atoms with Crippen molar-refractivity contribution in [3.05, 3.63) is 71.8 Å². The standard InChI is InChI=1S/C22H24N2O4/c1-15(2)11-12-21(26)23-14-18-7-4-5-10-20(18)24-22(27)17-8-6-9-19(13-17)28-16(3)25/h4-13,15H,14H2,1-3H3,(H,23,26)(H,24,27)/b12-11+. The van der Waals surface area contributed by atoms with Gasteiger partial charge in [0.1, 0.15) is 5.75 Å². The molecular formula is C22H24N2O4. The van der Waals surface area contributed by atoms with Crippen molar-refractivity contribution >= 4 is 23.5 Å². The Balaban J connectivity index is 2.07. The Hall–Kier alpha value is -3.41. The Morgan fingerprint density at radius 1 is 1.07 bits per heavy atom. The molecule has 2 aromatic carbocycles. The fourth-order valence-electron chi connectivity index (χ4n) is 2.38. The van der Waals surface area contributed by atoms with Crippen LogP contribution in [0.3, 0.4) is 0 Å². The average molecular weight is 380 g/mol. The molecule has 6 nitrogen and oxygen atoms in total. The largest absolute Gasteiger partial charge is 0.427 e. The average Bonchev–Trinajstić information content (AvgIpc) is 2.65. The molecule has 0 bridgehead atoms. The highest BCUT2D eigenvalue weighted by atomic mass is 16.5. The topological polar surface area (TPSA) is 84.5 Å². The summed E-state index contributed by atoms with van der Waals surface area (Å²) in [6.45, 7) is 5.56. The van der Waals surface area contributed by atoms with E-state index in [0.29, 0.717) is 22.9 Å². The van der Waals surface area contributed by atoms with Crippen LogP contribution in [0.1, 0.15) is 36.7 Å². The van der Waals surface area contributed by atoms with E-state index in [9.17, 15) is 14.4 Å². The maximum Gasteiger partial charge on any atom is 0.308 e. The quantitative estimate of drug-likeness (QED) is 0.436. The van der Waals surface area contributed by atoms with Crippen LogP contribution in [0.25, 0.3) is 0 Å². The summed E-state index contributed by atoms with van der Waals surface area (Å²) in [5.74, 6) is -0.390. The molecule has 0 atom stereocenters. The number of benzene rings is 2. The lowest BCUT2D eigenvalue weighted by molar-refractivity contribution is -0.131. The second-order valence-corrected chi connectivity index (χ2v) is 6.55. The minimum atomic E-state index is -0.454. The molecule has 0 aliphatic carbocycles. The van der Waals surface area contributed by atoms with E-state index >= 15 is 0 Å². The van der Waals surface area contributed by atoms with Crippen LogP contribution < -0.4 is 15.4 Å². The molecule has 0 unspecified atom stereocenters. The molecule has 0 aromatic heterocycles. The molecule has 0 saturated heterocycles. The lowest BCUT2D eigenvalue weighted by Gasteiger charge is -2.12. The van der Waals surface area contributed by atoms with E-state index in [0.717, 1.165) is 5.56 Å². The van der Waals surface area contributed by atoms with Gasteiger partial charge in [-0.1, -0.05) is 44.2 Å². The number of hydrogen-bond acceptors (Lipinski definition) is 4. The van der Waals surface area contributed by atoms with Gasteiger partial charge in [-0.05, 0) is 41.8 Å². The summed E-state index contributed by atoms with van der Waals surface area (Å²) in [6, 6.07) is 13.6. The predicted molar refractivity (Wildman–Crippen MR) is 108 cm³/mol. The van der Waals surface area contributed by atoms with Crippen LogP contribution in [-0.2, 0) is 16.1 Å². The highest BCUT2D eigenvalue weighted by Crippen LogP contribution is 2.18. The Kier molecular flexibility index (Phi) is 7.51. The third-order valence-corrected chi connectivity index (χ3v) is 3.71. The number of ether oxygens (including phenoxy) is 1. The van der Waals surface area contributed by atoms with Gasteiger partial charge in [0.2, 0.25) is 5.91 Å². The molecule has 0 fully saturated rings. The van der Waals surface area contributed by atoms with Crippen molar-refractivity contribution in [2.75, 3.05) is 5.32 Å². The van der Waals surface area contributed by atoms with Crippen molar-refractivity contribution < 1.29 is 19.1 Å². The summed E-state index contributed by atoms with van der Waals surface area (Å²) in [4.78, 5) is 35.5. The minimum Gasteiger partial charge on any atom is -0.427 e. The van der Waals surface area contributed by atoms with Gasteiger partial charge in [-0.2, -0.15) is 0 Å². The lowest BCUT2D eigenvalue weighted by Crippen LogP contribution is -2.22. The molecule has 0 aliphatic rings. The van der Waals surface area contributed by atoms with Crippen molar-refractivity contribution in [2.24, 2.45) is 5.92 Å². The van der Waals surface area contributed by atoms with Gasteiger partial charge in [0.25, 0.3) is 5.91 Å². The van der Waals surface area contributed by atoms with E-state index < -0.39 is 5.97 Å². The van der Waals surface area contributed by atoms with Crippen LogP contribution in [-0.4, -0.2) is 17.8 Å². The number of carbonyl (C=O) groups is 3. The second kappa shape index (κ2) is 10.1. The SMILES string of the molecule is CC(=O)Oc1cccc(C(=O)Nc2ccccc2CNC(=O)/C=C/C(C)C)c1. The number of amides is 2. The molecule has 146 valence electrons. The first-order valence-corrected chi connectivity index (χ1v) is 8.99. The van der Waals surface area contributed by atoms with E-state index in [2.05, 4.69) is 10.6 Å². The fraction of sp³-hybridized carbons (Fsp3) is 0.227. The van der Waals surface area contributed by atoms with Gasteiger partial charge in [-0.3, -0.25) is 14.4 Å². The van der Waals surface area contributed by atoms with E-state index in [4.69, 9.17) is 4.74 Å². The number of carbonyl (C=O) groups excluding carboxylic acids is 3. The van der Waals surface area contributed by atoms with Crippen LogP contribution in [0.15, 0.2) is 60.7 Å². The van der Waals surface area contributed by atoms with Gasteiger partial charge in [0.15, 0.2) is 0 Å².